The van der Waals surface area contributed by atoms with Gasteiger partial charge in [-0.2, -0.15) is 0 Å². The van der Waals surface area contributed by atoms with Crippen LogP contribution in [-0.4, -0.2) is 10.6 Å². The molecule has 2 nitrogen and oxygen atoms in total. The summed E-state index contributed by atoms with van der Waals surface area (Å²) in [5.41, 5.74) is 0.00463. The van der Waals surface area contributed by atoms with Crippen molar-refractivity contribution in [1.29, 1.82) is 0 Å². The highest BCUT2D eigenvalue weighted by atomic mass is 31.1. The Kier molecular flexibility index (Phi) is 1.31. The first-order valence-corrected chi connectivity index (χ1v) is 3.63. The second kappa shape index (κ2) is 1.81. The maximum absolute atomic E-state index is 10.1. The Morgan fingerprint density at radius 3 is 2.43 bits per heavy atom. The van der Waals surface area contributed by atoms with Crippen LogP contribution in [0.15, 0.2) is 12.2 Å². The van der Waals surface area contributed by atoms with E-state index in [2.05, 4.69) is 0 Å². The van der Waals surface area contributed by atoms with Crippen molar-refractivity contribution in [3.05, 3.63) is 12.2 Å². The third-order valence-corrected chi connectivity index (χ3v) is 2.14. The standard InChI is InChI=1S/C4H7O2P/c5-7(6)4-2-1-3-4/h1-2,4,7H,3H2,(H,5,6). The highest BCUT2D eigenvalue weighted by molar-refractivity contribution is 7.39. The molecule has 1 N–H and O–H groups in total. The molecular formula is C4H7O2P. The van der Waals surface area contributed by atoms with Crippen LogP contribution in [-0.2, 0) is 4.57 Å². The fraction of sp³-hybridized carbons (Fsp3) is 0.500. The second-order valence-corrected chi connectivity index (χ2v) is 3.03. The summed E-state index contributed by atoms with van der Waals surface area (Å²) in [6.07, 6.45) is 4.49. The van der Waals surface area contributed by atoms with Crippen LogP contribution in [0.2, 0.25) is 0 Å². The molecule has 0 amide bonds. The van der Waals surface area contributed by atoms with E-state index >= 15 is 0 Å². The van der Waals surface area contributed by atoms with Crippen LogP contribution >= 0.6 is 8.03 Å². The Morgan fingerprint density at radius 2 is 2.43 bits per heavy atom. The molecule has 0 radical (unpaired) electrons. The number of rotatable bonds is 1. The largest absolute Gasteiger partial charge is 0.346 e. The van der Waals surface area contributed by atoms with E-state index in [1.165, 1.54) is 0 Å². The van der Waals surface area contributed by atoms with Crippen molar-refractivity contribution in [3.8, 4) is 0 Å². The molecule has 1 aliphatic carbocycles. The lowest BCUT2D eigenvalue weighted by Gasteiger charge is -2.11. The lowest BCUT2D eigenvalue weighted by atomic mass is 10.1. The van der Waals surface area contributed by atoms with Gasteiger partial charge in [-0.3, -0.25) is 4.57 Å². The molecule has 0 spiro atoms. The summed E-state index contributed by atoms with van der Waals surface area (Å²) in [5.74, 6) is 0. The number of hydrogen-bond acceptors (Lipinski definition) is 1. The molecule has 3 heteroatoms. The van der Waals surface area contributed by atoms with E-state index < -0.39 is 8.03 Å². The fourth-order valence-corrected chi connectivity index (χ4v) is 1.09. The van der Waals surface area contributed by atoms with Gasteiger partial charge in [-0.1, -0.05) is 12.2 Å². The average Bonchev–Trinajstić information content (AvgIpc) is 1.23. The summed E-state index contributed by atoms with van der Waals surface area (Å²) in [6.45, 7) is 0. The summed E-state index contributed by atoms with van der Waals surface area (Å²) in [4.78, 5) is 8.37. The van der Waals surface area contributed by atoms with E-state index in [0.29, 0.717) is 0 Å². The van der Waals surface area contributed by atoms with Gasteiger partial charge >= 0.3 is 0 Å². The van der Waals surface area contributed by atoms with Crippen molar-refractivity contribution >= 4 is 8.03 Å². The molecule has 2 atom stereocenters. The van der Waals surface area contributed by atoms with Crippen molar-refractivity contribution in [2.24, 2.45) is 0 Å². The Hall–Kier alpha value is -0.0700. The molecule has 0 bridgehead atoms. The Balaban J connectivity index is 2.44. The van der Waals surface area contributed by atoms with Crippen molar-refractivity contribution in [1.82, 2.24) is 0 Å². The van der Waals surface area contributed by atoms with Gasteiger partial charge in [-0.05, 0) is 6.42 Å². The Labute approximate surface area is 42.7 Å². The van der Waals surface area contributed by atoms with Crippen LogP contribution < -0.4 is 0 Å². The predicted molar refractivity (Wildman–Crippen MR) is 28.8 cm³/mol. The van der Waals surface area contributed by atoms with E-state index in [9.17, 15) is 4.57 Å². The maximum Gasteiger partial charge on any atom is 0.196 e. The van der Waals surface area contributed by atoms with Crippen molar-refractivity contribution in [2.45, 2.75) is 12.1 Å². The highest BCUT2D eigenvalue weighted by Crippen LogP contribution is 2.31. The lowest BCUT2D eigenvalue weighted by Crippen LogP contribution is -2.02. The molecule has 1 aliphatic rings. The lowest BCUT2D eigenvalue weighted by molar-refractivity contribution is 0.493. The summed E-state index contributed by atoms with van der Waals surface area (Å²) in [6, 6.07) is 0. The molecule has 0 saturated heterocycles. The van der Waals surface area contributed by atoms with Gasteiger partial charge in [-0.15, -0.1) is 0 Å². The topological polar surface area (TPSA) is 37.3 Å². The van der Waals surface area contributed by atoms with Crippen molar-refractivity contribution < 1.29 is 9.46 Å². The molecule has 0 aliphatic heterocycles. The molecule has 0 saturated carbocycles. The van der Waals surface area contributed by atoms with Crippen LogP contribution in [0.1, 0.15) is 6.42 Å². The van der Waals surface area contributed by atoms with Gasteiger partial charge in [0.1, 0.15) is 0 Å². The van der Waals surface area contributed by atoms with Crippen LogP contribution in [0.25, 0.3) is 0 Å². The van der Waals surface area contributed by atoms with Gasteiger partial charge in [0, 0.05) is 0 Å². The zero-order valence-corrected chi connectivity index (χ0v) is 4.79. The Bertz CT molecular complexity index is 119. The van der Waals surface area contributed by atoms with Gasteiger partial charge in [0.15, 0.2) is 8.03 Å². The summed E-state index contributed by atoms with van der Waals surface area (Å²) in [5, 5.41) is 0. The first kappa shape index (κ1) is 5.07. The van der Waals surface area contributed by atoms with E-state index in [1.807, 2.05) is 6.08 Å². The van der Waals surface area contributed by atoms with Gasteiger partial charge in [0.25, 0.3) is 0 Å². The van der Waals surface area contributed by atoms with Crippen LogP contribution in [0.5, 0.6) is 0 Å². The molecule has 0 heterocycles. The number of allylic oxidation sites excluding steroid dienone is 2. The minimum absolute atomic E-state index is 0.00463. The quantitative estimate of drug-likeness (QED) is 0.408. The van der Waals surface area contributed by atoms with Gasteiger partial charge in [0.05, 0.1) is 5.66 Å². The average molecular weight is 118 g/mol. The fourth-order valence-electron chi connectivity index (χ4n) is 0.455. The molecule has 7 heavy (non-hydrogen) atoms. The first-order valence-electron chi connectivity index (χ1n) is 2.20. The number of hydrogen-bond donors (Lipinski definition) is 1. The molecule has 0 aromatic heterocycles. The van der Waals surface area contributed by atoms with Crippen molar-refractivity contribution in [2.75, 3.05) is 0 Å². The molecule has 0 aromatic carbocycles. The summed E-state index contributed by atoms with van der Waals surface area (Å²) < 4.78 is 10.1. The summed E-state index contributed by atoms with van der Waals surface area (Å²) in [7, 11) is -2.21. The smallest absolute Gasteiger partial charge is 0.196 e. The monoisotopic (exact) mass is 118 g/mol. The molecule has 2 unspecified atom stereocenters. The van der Waals surface area contributed by atoms with Gasteiger partial charge in [0.2, 0.25) is 0 Å². The predicted octanol–water partition coefficient (Wildman–Crippen LogP) is 0.782. The zero-order chi connectivity index (χ0) is 5.28. The zero-order valence-electron chi connectivity index (χ0n) is 3.79. The maximum atomic E-state index is 10.1. The molecule has 1 rings (SSSR count). The van der Waals surface area contributed by atoms with Gasteiger partial charge in [-0.25, -0.2) is 0 Å². The van der Waals surface area contributed by atoms with Crippen LogP contribution in [0.4, 0.5) is 0 Å². The van der Waals surface area contributed by atoms with E-state index in [4.69, 9.17) is 4.89 Å². The van der Waals surface area contributed by atoms with E-state index in [-0.39, 0.29) is 5.66 Å². The van der Waals surface area contributed by atoms with Crippen LogP contribution in [0.3, 0.4) is 0 Å². The Morgan fingerprint density at radius 1 is 1.86 bits per heavy atom. The third kappa shape index (κ3) is 0.929. The van der Waals surface area contributed by atoms with Crippen molar-refractivity contribution in [3.63, 3.8) is 0 Å². The SMILES string of the molecule is O=[PH](O)C1C=CC1. The third-order valence-electron chi connectivity index (χ3n) is 1.08. The highest BCUT2D eigenvalue weighted by Gasteiger charge is 2.13. The first-order chi connectivity index (χ1) is 3.30. The second-order valence-electron chi connectivity index (χ2n) is 1.61. The minimum atomic E-state index is -2.21. The molecule has 0 aromatic rings. The van der Waals surface area contributed by atoms with E-state index in [0.717, 1.165) is 6.42 Å². The minimum Gasteiger partial charge on any atom is -0.346 e. The van der Waals surface area contributed by atoms with Gasteiger partial charge < -0.3 is 4.89 Å². The molecule has 0 fully saturated rings. The molecule has 40 valence electrons. The summed E-state index contributed by atoms with van der Waals surface area (Å²) >= 11 is 0. The van der Waals surface area contributed by atoms with Crippen LogP contribution in [0, 0.1) is 0 Å². The normalized spacial score (nSPS) is 31.9. The molecular weight excluding hydrogens is 111 g/mol. The van der Waals surface area contributed by atoms with E-state index in [1.54, 1.807) is 6.08 Å².